The van der Waals surface area contributed by atoms with E-state index in [2.05, 4.69) is 10.3 Å². The number of nitrogens with one attached hydrogen (secondary N) is 1. The predicted molar refractivity (Wildman–Crippen MR) is 150 cm³/mol. The summed E-state index contributed by atoms with van der Waals surface area (Å²) < 4.78 is 0.897. The maximum absolute atomic E-state index is 13.5. The average Bonchev–Trinajstić information content (AvgIpc) is 3.38. The van der Waals surface area contributed by atoms with Crippen molar-refractivity contribution in [1.29, 1.82) is 0 Å². The highest BCUT2D eigenvalue weighted by Crippen LogP contribution is 2.24. The van der Waals surface area contributed by atoms with Crippen molar-refractivity contribution >= 4 is 45.2 Å². The Labute approximate surface area is 231 Å². The summed E-state index contributed by atoms with van der Waals surface area (Å²) in [5, 5.41) is 12.9. The van der Waals surface area contributed by atoms with Gasteiger partial charge < -0.3 is 20.2 Å². The number of carbonyl (C=O) groups excluding carboxylic acids is 3. The number of piperidine rings is 1. The normalized spacial score (nSPS) is 16.0. The number of carboxylic acid groups (broad SMARTS) is 1. The topological polar surface area (TPSA) is 120 Å². The predicted octanol–water partition coefficient (Wildman–Crippen LogP) is 4.57. The molecule has 9 nitrogen and oxygen atoms in total. The van der Waals surface area contributed by atoms with Crippen LogP contribution in [0.25, 0.3) is 10.2 Å². The zero-order valence-corrected chi connectivity index (χ0v) is 22.9. The highest BCUT2D eigenvalue weighted by Gasteiger charge is 2.31. The van der Waals surface area contributed by atoms with Crippen molar-refractivity contribution in [3.63, 3.8) is 0 Å². The van der Waals surface area contributed by atoms with Crippen LogP contribution in [-0.4, -0.2) is 69.3 Å². The Morgan fingerprint density at radius 2 is 1.85 bits per heavy atom. The van der Waals surface area contributed by atoms with Gasteiger partial charge in [0.05, 0.1) is 22.2 Å². The molecule has 4 rings (SSSR count). The molecule has 10 heteroatoms. The van der Waals surface area contributed by atoms with Crippen molar-refractivity contribution in [2.75, 3.05) is 19.6 Å². The molecule has 0 aliphatic carbocycles. The van der Waals surface area contributed by atoms with Crippen molar-refractivity contribution in [2.24, 2.45) is 5.92 Å². The maximum Gasteiger partial charge on any atom is 0.407 e. The summed E-state index contributed by atoms with van der Waals surface area (Å²) in [6, 6.07) is 16.1. The van der Waals surface area contributed by atoms with Crippen LogP contribution in [0.4, 0.5) is 4.79 Å². The summed E-state index contributed by atoms with van der Waals surface area (Å²) in [5.41, 5.74) is 1.64. The summed E-state index contributed by atoms with van der Waals surface area (Å²) in [5.74, 6) is -0.922. The van der Waals surface area contributed by atoms with Crippen molar-refractivity contribution in [3.8, 4) is 0 Å². The Morgan fingerprint density at radius 1 is 1.10 bits per heavy atom. The lowest BCUT2D eigenvalue weighted by molar-refractivity contribution is -0.134. The Morgan fingerprint density at radius 3 is 2.56 bits per heavy atom. The summed E-state index contributed by atoms with van der Waals surface area (Å²) >= 11 is 1.30. The van der Waals surface area contributed by atoms with Gasteiger partial charge in [0.15, 0.2) is 5.01 Å². The largest absolute Gasteiger partial charge is 0.465 e. The fourth-order valence-corrected chi connectivity index (χ4v) is 5.82. The van der Waals surface area contributed by atoms with Crippen molar-refractivity contribution in [1.82, 2.24) is 20.1 Å². The molecule has 2 aromatic carbocycles. The van der Waals surface area contributed by atoms with Crippen LogP contribution in [0.5, 0.6) is 0 Å². The number of ketones is 1. The first-order chi connectivity index (χ1) is 18.8. The van der Waals surface area contributed by atoms with Gasteiger partial charge in [0.1, 0.15) is 0 Å². The molecule has 1 aliphatic rings. The standard InChI is InChI=1S/C29H34N4O5S/c1-20(34)32-17-9-12-22(19-32)27(36)30-24(26(35)28-31-23-13-5-6-15-25(23)39-28)14-7-8-16-33(29(37)38)18-21-10-3-2-4-11-21/h2-6,10-11,13,15,22,24H,7-9,12,14,16-19H2,1H3,(H,30,36)(H,37,38)/t22-,24?/m1/s1. The third kappa shape index (κ3) is 7.63. The number of para-hydroxylation sites is 1. The summed E-state index contributed by atoms with van der Waals surface area (Å²) in [6.07, 6.45) is 1.85. The first-order valence-corrected chi connectivity index (χ1v) is 14.1. The molecule has 206 valence electrons. The van der Waals surface area contributed by atoms with Gasteiger partial charge in [-0.3, -0.25) is 14.4 Å². The Hall–Kier alpha value is -3.79. The number of unbranched alkanes of at least 4 members (excludes halogenated alkanes) is 1. The first kappa shape index (κ1) is 28.2. The van der Waals surface area contributed by atoms with Crippen LogP contribution in [0.3, 0.4) is 0 Å². The number of hydrogen-bond acceptors (Lipinski definition) is 6. The molecule has 3 aromatic rings. The molecule has 1 aliphatic heterocycles. The molecular weight excluding hydrogens is 516 g/mol. The lowest BCUT2D eigenvalue weighted by Gasteiger charge is -2.32. The van der Waals surface area contributed by atoms with E-state index in [-0.39, 0.29) is 30.1 Å². The Kier molecular flexibility index (Phi) is 9.64. The van der Waals surface area contributed by atoms with Gasteiger partial charge in [0, 0.05) is 33.1 Å². The van der Waals surface area contributed by atoms with Gasteiger partial charge >= 0.3 is 6.09 Å². The van der Waals surface area contributed by atoms with E-state index in [0.29, 0.717) is 50.3 Å². The average molecular weight is 551 g/mol. The first-order valence-electron chi connectivity index (χ1n) is 13.3. The molecule has 0 radical (unpaired) electrons. The van der Waals surface area contributed by atoms with Gasteiger partial charge in [-0.05, 0) is 49.8 Å². The van der Waals surface area contributed by atoms with Crippen molar-refractivity contribution < 1.29 is 24.3 Å². The number of carbonyl (C=O) groups is 4. The van der Waals surface area contributed by atoms with Crippen LogP contribution < -0.4 is 5.32 Å². The van der Waals surface area contributed by atoms with Gasteiger partial charge in [-0.1, -0.05) is 42.5 Å². The molecule has 0 spiro atoms. The molecule has 0 bridgehead atoms. The summed E-state index contributed by atoms with van der Waals surface area (Å²) in [7, 11) is 0. The fourth-order valence-electron chi connectivity index (χ4n) is 4.86. The molecule has 39 heavy (non-hydrogen) atoms. The maximum atomic E-state index is 13.5. The second kappa shape index (κ2) is 13.3. The number of thiazole rings is 1. The highest BCUT2D eigenvalue weighted by molar-refractivity contribution is 7.20. The van der Waals surface area contributed by atoms with Gasteiger partial charge in [0.25, 0.3) is 0 Å². The molecule has 1 aromatic heterocycles. The number of amides is 3. The van der Waals surface area contributed by atoms with Crippen LogP contribution in [0.1, 0.15) is 54.4 Å². The smallest absolute Gasteiger partial charge is 0.407 e. The monoisotopic (exact) mass is 550 g/mol. The summed E-state index contributed by atoms with van der Waals surface area (Å²) in [4.78, 5) is 57.9. The quantitative estimate of drug-likeness (QED) is 0.267. The lowest BCUT2D eigenvalue weighted by Crippen LogP contribution is -2.49. The number of aromatic nitrogens is 1. The number of Topliss-reactive ketones (excluding diaryl/α,β-unsaturated/α-hetero) is 1. The molecular formula is C29H34N4O5S. The second-order valence-corrected chi connectivity index (χ2v) is 10.9. The van der Waals surface area contributed by atoms with E-state index in [1.807, 2.05) is 54.6 Å². The van der Waals surface area contributed by atoms with Crippen LogP contribution >= 0.6 is 11.3 Å². The zero-order chi connectivity index (χ0) is 27.8. The molecule has 3 amide bonds. The molecule has 1 fully saturated rings. The van der Waals surface area contributed by atoms with E-state index in [0.717, 1.165) is 22.2 Å². The number of rotatable bonds is 11. The Balaban J connectivity index is 1.42. The third-order valence-electron chi connectivity index (χ3n) is 7.03. The third-order valence-corrected chi connectivity index (χ3v) is 8.08. The minimum absolute atomic E-state index is 0.0620. The van der Waals surface area contributed by atoms with Crippen LogP contribution in [0.2, 0.25) is 0 Å². The minimum Gasteiger partial charge on any atom is -0.465 e. The Bertz CT molecular complexity index is 1280. The minimum atomic E-state index is -0.999. The van der Waals surface area contributed by atoms with E-state index in [1.54, 1.807) is 4.90 Å². The van der Waals surface area contributed by atoms with Gasteiger partial charge in [-0.25, -0.2) is 9.78 Å². The number of likely N-dealkylation sites (tertiary alicyclic amines) is 1. The molecule has 1 unspecified atom stereocenters. The number of hydrogen-bond donors (Lipinski definition) is 2. The molecule has 2 atom stereocenters. The van der Waals surface area contributed by atoms with Gasteiger partial charge in [-0.15, -0.1) is 11.3 Å². The van der Waals surface area contributed by atoms with Crippen LogP contribution in [0, 0.1) is 5.92 Å². The van der Waals surface area contributed by atoms with E-state index in [9.17, 15) is 24.3 Å². The van der Waals surface area contributed by atoms with E-state index < -0.39 is 12.1 Å². The number of benzene rings is 2. The fraction of sp³-hybridized carbons (Fsp3) is 0.414. The number of fused-ring (bicyclic) bond motifs is 1. The molecule has 2 N–H and O–H groups in total. The zero-order valence-electron chi connectivity index (χ0n) is 22.0. The number of nitrogens with zero attached hydrogens (tertiary/aromatic N) is 3. The SMILES string of the molecule is CC(=O)N1CCC[C@@H](C(=O)NC(CCCCN(Cc2ccccc2)C(=O)O)C(=O)c2nc3ccccc3s2)C1. The van der Waals surface area contributed by atoms with Crippen molar-refractivity contribution in [3.05, 3.63) is 65.2 Å². The van der Waals surface area contributed by atoms with Crippen LogP contribution in [-0.2, 0) is 16.1 Å². The van der Waals surface area contributed by atoms with E-state index in [4.69, 9.17) is 0 Å². The van der Waals surface area contributed by atoms with E-state index >= 15 is 0 Å². The van der Waals surface area contributed by atoms with Gasteiger partial charge in [0.2, 0.25) is 17.6 Å². The second-order valence-electron chi connectivity index (χ2n) is 9.90. The van der Waals surface area contributed by atoms with Crippen molar-refractivity contribution in [2.45, 2.75) is 51.6 Å². The lowest BCUT2D eigenvalue weighted by atomic mass is 9.95. The van der Waals surface area contributed by atoms with Crippen LogP contribution in [0.15, 0.2) is 54.6 Å². The summed E-state index contributed by atoms with van der Waals surface area (Å²) in [6.45, 7) is 3.08. The molecule has 2 heterocycles. The molecule has 0 saturated carbocycles. The van der Waals surface area contributed by atoms with E-state index in [1.165, 1.54) is 23.2 Å². The molecule has 1 saturated heterocycles. The highest BCUT2D eigenvalue weighted by atomic mass is 32.1. The van der Waals surface area contributed by atoms with Gasteiger partial charge in [-0.2, -0.15) is 0 Å².